The number of hydrogen-bond acceptors (Lipinski definition) is 2. The second-order valence-electron chi connectivity index (χ2n) is 3.36. The number of nitriles is 1. The molecule has 0 aliphatic heterocycles. The fourth-order valence-corrected chi connectivity index (χ4v) is 1.84. The molecule has 2 heteroatoms. The molecule has 1 fully saturated rings. The van der Waals surface area contributed by atoms with Crippen LogP contribution in [0.2, 0.25) is 0 Å². The lowest BCUT2D eigenvalue weighted by molar-refractivity contribution is 0.189. The highest BCUT2D eigenvalue weighted by molar-refractivity contribution is 5.10. The van der Waals surface area contributed by atoms with Gasteiger partial charge in [0.2, 0.25) is 0 Å². The molecule has 0 unspecified atom stereocenters. The van der Waals surface area contributed by atoms with Gasteiger partial charge in [0, 0.05) is 0 Å². The molecule has 0 aromatic rings. The Morgan fingerprint density at radius 3 is 2.36 bits per heavy atom. The highest BCUT2D eigenvalue weighted by Gasteiger charge is 2.36. The summed E-state index contributed by atoms with van der Waals surface area (Å²) in [5.41, 5.74) is -0.116. The zero-order valence-electron chi connectivity index (χ0n) is 7.43. The van der Waals surface area contributed by atoms with Crippen molar-refractivity contribution in [1.82, 2.24) is 4.90 Å². The minimum atomic E-state index is -0.116. The van der Waals surface area contributed by atoms with E-state index in [4.69, 9.17) is 5.26 Å². The van der Waals surface area contributed by atoms with Gasteiger partial charge in [0.15, 0.2) is 0 Å². The standard InChI is InChI=1S/C9H16N2/c1-3-11(2)9(8-10)6-4-5-7-9/h3-7H2,1-2H3. The van der Waals surface area contributed by atoms with Crippen LogP contribution in [-0.4, -0.2) is 24.0 Å². The van der Waals surface area contributed by atoms with E-state index in [0.717, 1.165) is 19.4 Å². The molecule has 0 aromatic carbocycles. The van der Waals surface area contributed by atoms with Gasteiger partial charge in [0.05, 0.1) is 6.07 Å². The fourth-order valence-electron chi connectivity index (χ4n) is 1.84. The summed E-state index contributed by atoms with van der Waals surface area (Å²) in [6.07, 6.45) is 4.57. The van der Waals surface area contributed by atoms with Crippen molar-refractivity contribution >= 4 is 0 Å². The molecule has 1 aliphatic rings. The number of hydrogen-bond donors (Lipinski definition) is 0. The van der Waals surface area contributed by atoms with E-state index in [2.05, 4.69) is 24.9 Å². The molecule has 11 heavy (non-hydrogen) atoms. The third kappa shape index (κ3) is 1.39. The average Bonchev–Trinajstić information content (AvgIpc) is 2.52. The topological polar surface area (TPSA) is 27.0 Å². The van der Waals surface area contributed by atoms with Crippen molar-refractivity contribution in [3.8, 4) is 6.07 Å². The summed E-state index contributed by atoms with van der Waals surface area (Å²) >= 11 is 0. The van der Waals surface area contributed by atoms with Crippen LogP contribution in [0.1, 0.15) is 32.6 Å². The minimum Gasteiger partial charge on any atom is -0.289 e. The van der Waals surface area contributed by atoms with Crippen LogP contribution in [0.3, 0.4) is 0 Å². The van der Waals surface area contributed by atoms with E-state index in [1.165, 1.54) is 12.8 Å². The van der Waals surface area contributed by atoms with E-state index < -0.39 is 0 Å². The molecule has 0 amide bonds. The van der Waals surface area contributed by atoms with E-state index in [0.29, 0.717) is 0 Å². The molecule has 62 valence electrons. The zero-order valence-corrected chi connectivity index (χ0v) is 7.43. The van der Waals surface area contributed by atoms with Crippen LogP contribution in [0.15, 0.2) is 0 Å². The van der Waals surface area contributed by atoms with Crippen molar-refractivity contribution in [1.29, 1.82) is 5.26 Å². The highest BCUT2D eigenvalue weighted by atomic mass is 15.2. The smallest absolute Gasteiger partial charge is 0.108 e. The third-order valence-electron chi connectivity index (χ3n) is 2.84. The Morgan fingerprint density at radius 1 is 1.45 bits per heavy atom. The Labute approximate surface area is 68.8 Å². The lowest BCUT2D eigenvalue weighted by atomic mass is 9.98. The summed E-state index contributed by atoms with van der Waals surface area (Å²) in [5.74, 6) is 0. The zero-order chi connectivity index (χ0) is 8.32. The van der Waals surface area contributed by atoms with E-state index in [1.54, 1.807) is 0 Å². The molecular formula is C9H16N2. The molecule has 1 saturated carbocycles. The van der Waals surface area contributed by atoms with Gasteiger partial charge in [-0.05, 0) is 26.4 Å². The first-order valence-electron chi connectivity index (χ1n) is 4.37. The van der Waals surface area contributed by atoms with E-state index in [9.17, 15) is 0 Å². The van der Waals surface area contributed by atoms with Gasteiger partial charge in [-0.15, -0.1) is 0 Å². The highest BCUT2D eigenvalue weighted by Crippen LogP contribution is 2.33. The lowest BCUT2D eigenvalue weighted by Crippen LogP contribution is -2.42. The van der Waals surface area contributed by atoms with Crippen LogP contribution in [0, 0.1) is 11.3 Å². The van der Waals surface area contributed by atoms with Crippen molar-refractivity contribution in [3.63, 3.8) is 0 Å². The largest absolute Gasteiger partial charge is 0.289 e. The van der Waals surface area contributed by atoms with Gasteiger partial charge in [-0.3, -0.25) is 4.90 Å². The van der Waals surface area contributed by atoms with Gasteiger partial charge in [0.1, 0.15) is 5.54 Å². The molecule has 2 nitrogen and oxygen atoms in total. The Kier molecular flexibility index (Phi) is 2.51. The molecule has 0 aromatic heterocycles. The maximum Gasteiger partial charge on any atom is 0.108 e. The quantitative estimate of drug-likeness (QED) is 0.603. The maximum atomic E-state index is 9.03. The number of rotatable bonds is 2. The van der Waals surface area contributed by atoms with E-state index in [1.807, 2.05) is 0 Å². The minimum absolute atomic E-state index is 0.116. The predicted octanol–water partition coefficient (Wildman–Crippen LogP) is 1.77. The second kappa shape index (κ2) is 3.23. The summed E-state index contributed by atoms with van der Waals surface area (Å²) in [6, 6.07) is 2.45. The molecule has 0 N–H and O–H groups in total. The molecular weight excluding hydrogens is 136 g/mol. The van der Waals surface area contributed by atoms with Gasteiger partial charge in [-0.25, -0.2) is 0 Å². The summed E-state index contributed by atoms with van der Waals surface area (Å²) in [4.78, 5) is 2.18. The predicted molar refractivity (Wildman–Crippen MR) is 45.1 cm³/mol. The van der Waals surface area contributed by atoms with Crippen LogP contribution in [0.5, 0.6) is 0 Å². The average molecular weight is 152 g/mol. The van der Waals surface area contributed by atoms with E-state index in [-0.39, 0.29) is 5.54 Å². The Balaban J connectivity index is 2.68. The van der Waals surface area contributed by atoms with Gasteiger partial charge in [-0.1, -0.05) is 19.8 Å². The Morgan fingerprint density at radius 2 is 2.00 bits per heavy atom. The van der Waals surface area contributed by atoms with Crippen molar-refractivity contribution in [3.05, 3.63) is 0 Å². The third-order valence-corrected chi connectivity index (χ3v) is 2.84. The summed E-state index contributed by atoms with van der Waals surface area (Å²) < 4.78 is 0. The van der Waals surface area contributed by atoms with Crippen molar-refractivity contribution in [2.24, 2.45) is 0 Å². The van der Waals surface area contributed by atoms with Crippen LogP contribution < -0.4 is 0 Å². The second-order valence-corrected chi connectivity index (χ2v) is 3.36. The molecule has 1 aliphatic carbocycles. The SMILES string of the molecule is CCN(C)C1(C#N)CCCC1. The summed E-state index contributed by atoms with van der Waals surface area (Å²) in [6.45, 7) is 3.09. The first-order valence-corrected chi connectivity index (χ1v) is 4.37. The fraction of sp³-hybridized carbons (Fsp3) is 0.889. The van der Waals surface area contributed by atoms with Crippen molar-refractivity contribution in [2.75, 3.05) is 13.6 Å². The first-order chi connectivity index (χ1) is 5.25. The monoisotopic (exact) mass is 152 g/mol. The summed E-state index contributed by atoms with van der Waals surface area (Å²) in [7, 11) is 2.05. The number of nitrogens with zero attached hydrogens (tertiary/aromatic N) is 2. The first kappa shape index (κ1) is 8.55. The van der Waals surface area contributed by atoms with Gasteiger partial charge < -0.3 is 0 Å². The van der Waals surface area contributed by atoms with Crippen LogP contribution in [0.4, 0.5) is 0 Å². The summed E-state index contributed by atoms with van der Waals surface area (Å²) in [5, 5.41) is 9.03. The van der Waals surface area contributed by atoms with Crippen LogP contribution >= 0.6 is 0 Å². The molecule has 0 spiro atoms. The Bertz CT molecular complexity index is 163. The van der Waals surface area contributed by atoms with Crippen molar-refractivity contribution < 1.29 is 0 Å². The molecule has 1 rings (SSSR count). The van der Waals surface area contributed by atoms with Crippen LogP contribution in [-0.2, 0) is 0 Å². The molecule has 0 atom stereocenters. The van der Waals surface area contributed by atoms with Gasteiger partial charge in [0.25, 0.3) is 0 Å². The van der Waals surface area contributed by atoms with Gasteiger partial charge >= 0.3 is 0 Å². The van der Waals surface area contributed by atoms with Gasteiger partial charge in [-0.2, -0.15) is 5.26 Å². The Hall–Kier alpha value is -0.550. The van der Waals surface area contributed by atoms with E-state index >= 15 is 0 Å². The normalized spacial score (nSPS) is 22.0. The van der Waals surface area contributed by atoms with Crippen LogP contribution in [0.25, 0.3) is 0 Å². The maximum absolute atomic E-state index is 9.03. The lowest BCUT2D eigenvalue weighted by Gasteiger charge is -2.31. The molecule has 0 saturated heterocycles. The molecule has 0 heterocycles. The van der Waals surface area contributed by atoms with Crippen molar-refractivity contribution in [2.45, 2.75) is 38.1 Å². The molecule has 0 radical (unpaired) electrons. The molecule has 0 bridgehead atoms.